The van der Waals surface area contributed by atoms with Gasteiger partial charge < -0.3 is 5.11 Å². The lowest BCUT2D eigenvalue weighted by Gasteiger charge is -2.04. The molecule has 7 heteroatoms. The number of fused-ring (bicyclic) bond motifs is 1. The zero-order chi connectivity index (χ0) is 11.9. The second-order valence-corrected chi connectivity index (χ2v) is 4.27. The highest BCUT2D eigenvalue weighted by molar-refractivity contribution is 7.81. The molecule has 0 aliphatic rings. The van der Waals surface area contributed by atoms with Crippen LogP contribution in [-0.2, 0) is 10.4 Å². The van der Waals surface area contributed by atoms with Crippen molar-refractivity contribution in [3.63, 3.8) is 0 Å². The van der Waals surface area contributed by atoms with Gasteiger partial charge in [-0.05, 0) is 13.0 Å². The molecule has 2 aromatic rings. The highest BCUT2D eigenvalue weighted by Gasteiger charge is 2.17. The predicted octanol–water partition coefficient (Wildman–Crippen LogP) is 0.887. The largest absolute Gasteiger partial charge is 0.492 e. The fraction of sp³-hybridized carbons (Fsp3) is 0.111. The summed E-state index contributed by atoms with van der Waals surface area (Å²) in [5, 5.41) is 10.3. The summed E-state index contributed by atoms with van der Waals surface area (Å²) in [5.41, 5.74) is 0.828. The fourth-order valence-corrected chi connectivity index (χ4v) is 1.86. The van der Waals surface area contributed by atoms with Crippen LogP contribution in [0.2, 0.25) is 0 Å². The van der Waals surface area contributed by atoms with E-state index in [2.05, 4.69) is 4.28 Å². The minimum absolute atomic E-state index is 0.357. The molecular weight excluding hydrogens is 234 g/mol. The van der Waals surface area contributed by atoms with Crippen LogP contribution in [0.25, 0.3) is 10.9 Å². The summed E-state index contributed by atoms with van der Waals surface area (Å²) in [5.74, 6) is -0.362. The number of para-hydroxylation sites is 1. The molecule has 0 atom stereocenters. The van der Waals surface area contributed by atoms with Gasteiger partial charge in [-0.3, -0.25) is 8.84 Å². The first kappa shape index (κ1) is 10.8. The molecule has 1 aromatic carbocycles. The molecule has 2 rings (SSSR count). The normalized spacial score (nSPS) is 11.9. The number of aromatic nitrogens is 1. The van der Waals surface area contributed by atoms with Crippen molar-refractivity contribution in [2.45, 2.75) is 6.92 Å². The molecule has 2 N–H and O–H groups in total. The van der Waals surface area contributed by atoms with Crippen molar-refractivity contribution in [3.05, 3.63) is 29.8 Å². The Morgan fingerprint density at radius 1 is 1.31 bits per heavy atom. The van der Waals surface area contributed by atoms with Crippen LogP contribution in [0.3, 0.4) is 0 Å². The first-order chi connectivity index (χ1) is 7.40. The third-order valence-electron chi connectivity index (χ3n) is 2.22. The fourth-order valence-electron chi connectivity index (χ4n) is 1.52. The summed E-state index contributed by atoms with van der Waals surface area (Å²) >= 11 is 0. The van der Waals surface area contributed by atoms with E-state index in [0.29, 0.717) is 21.2 Å². The smallest absolute Gasteiger partial charge is 0.465 e. The van der Waals surface area contributed by atoms with Gasteiger partial charge in [-0.25, -0.2) is 0 Å². The third-order valence-corrected chi connectivity index (χ3v) is 2.56. The summed E-state index contributed by atoms with van der Waals surface area (Å²) < 4.78 is 34.7. The topological polar surface area (TPSA) is 88.8 Å². The Kier molecular flexibility index (Phi) is 2.28. The lowest BCUT2D eigenvalue weighted by Crippen LogP contribution is -2.18. The van der Waals surface area contributed by atoms with Gasteiger partial charge in [-0.1, -0.05) is 18.2 Å². The van der Waals surface area contributed by atoms with Gasteiger partial charge in [0, 0.05) is 10.9 Å². The maximum Gasteiger partial charge on any atom is 0.465 e. The summed E-state index contributed by atoms with van der Waals surface area (Å²) in [6, 6.07) is 6.67. The molecular formula is C9H9NO5S. The second-order valence-electron chi connectivity index (χ2n) is 3.26. The Labute approximate surface area is 91.6 Å². The number of hydrogen-bond donors (Lipinski definition) is 2. The maximum atomic E-state index is 10.6. The van der Waals surface area contributed by atoms with Gasteiger partial charge in [-0.15, -0.1) is 4.73 Å². The zero-order valence-electron chi connectivity index (χ0n) is 8.28. The van der Waals surface area contributed by atoms with Crippen molar-refractivity contribution < 1.29 is 22.4 Å². The Hall–Kier alpha value is -1.73. The molecule has 0 saturated heterocycles. The average molecular weight is 243 g/mol. The third kappa shape index (κ3) is 1.70. The molecule has 6 nitrogen and oxygen atoms in total. The summed E-state index contributed by atoms with van der Waals surface area (Å²) in [4.78, 5) is 0. The number of aromatic hydroxyl groups is 1. The van der Waals surface area contributed by atoms with Crippen LogP contribution in [0.15, 0.2) is 24.3 Å². The van der Waals surface area contributed by atoms with E-state index >= 15 is 0 Å². The van der Waals surface area contributed by atoms with Gasteiger partial charge in [-0.2, -0.15) is 8.42 Å². The minimum atomic E-state index is -4.67. The predicted molar refractivity (Wildman–Crippen MR) is 56.5 cm³/mol. The average Bonchev–Trinajstić information content (AvgIpc) is 2.43. The van der Waals surface area contributed by atoms with Crippen LogP contribution >= 0.6 is 0 Å². The molecule has 0 spiro atoms. The second kappa shape index (κ2) is 3.39. The van der Waals surface area contributed by atoms with Gasteiger partial charge in [0.05, 0.1) is 5.52 Å². The van der Waals surface area contributed by atoms with Crippen LogP contribution in [0.4, 0.5) is 0 Å². The number of benzene rings is 1. The SMILES string of the molecule is Cc1c(O)n(OS(=O)(=O)O)c2ccccc12. The van der Waals surface area contributed by atoms with Crippen LogP contribution in [-0.4, -0.2) is 22.8 Å². The molecule has 1 aromatic heterocycles. The quantitative estimate of drug-likeness (QED) is 0.764. The Morgan fingerprint density at radius 2 is 1.94 bits per heavy atom. The van der Waals surface area contributed by atoms with E-state index in [1.54, 1.807) is 31.2 Å². The Morgan fingerprint density at radius 3 is 2.56 bits per heavy atom. The van der Waals surface area contributed by atoms with E-state index in [1.165, 1.54) is 0 Å². The van der Waals surface area contributed by atoms with Crippen molar-refractivity contribution in [1.29, 1.82) is 0 Å². The number of aryl methyl sites for hydroxylation is 1. The molecule has 1 heterocycles. The highest BCUT2D eigenvalue weighted by Crippen LogP contribution is 2.29. The van der Waals surface area contributed by atoms with Gasteiger partial charge in [0.25, 0.3) is 0 Å². The first-order valence-corrected chi connectivity index (χ1v) is 5.73. The number of rotatable bonds is 2. The number of hydrogen-bond acceptors (Lipinski definition) is 4. The molecule has 0 saturated carbocycles. The number of nitrogens with zero attached hydrogens (tertiary/aromatic N) is 1. The van der Waals surface area contributed by atoms with Crippen molar-refractivity contribution in [2.75, 3.05) is 0 Å². The molecule has 0 aliphatic heterocycles. The molecule has 0 fully saturated rings. The monoisotopic (exact) mass is 243 g/mol. The van der Waals surface area contributed by atoms with E-state index < -0.39 is 10.4 Å². The lowest BCUT2D eigenvalue weighted by atomic mass is 10.2. The standard InChI is InChI=1S/C9H9NO5S/c1-6-7-4-2-3-5-8(7)10(9(6)11)15-16(12,13)14/h2-5,11H,1H3,(H,12,13,14). The van der Waals surface area contributed by atoms with Crippen LogP contribution in [0.1, 0.15) is 5.56 Å². The molecule has 0 amide bonds. The Bertz CT molecular complexity index is 643. The molecule has 0 aliphatic carbocycles. The van der Waals surface area contributed by atoms with Crippen LogP contribution in [0, 0.1) is 6.92 Å². The van der Waals surface area contributed by atoms with E-state index in [-0.39, 0.29) is 5.88 Å². The van der Waals surface area contributed by atoms with E-state index in [1.807, 2.05) is 0 Å². The Balaban J connectivity index is 2.74. The summed E-state index contributed by atoms with van der Waals surface area (Å²) in [7, 11) is -4.67. The molecule has 0 unspecified atom stereocenters. The molecule has 0 radical (unpaired) electrons. The van der Waals surface area contributed by atoms with Crippen molar-refractivity contribution in [3.8, 4) is 5.88 Å². The van der Waals surface area contributed by atoms with Gasteiger partial charge in [0.2, 0.25) is 5.88 Å². The van der Waals surface area contributed by atoms with Crippen molar-refractivity contribution >= 4 is 21.3 Å². The molecule has 86 valence electrons. The first-order valence-electron chi connectivity index (χ1n) is 4.36. The molecule has 0 bridgehead atoms. The van der Waals surface area contributed by atoms with E-state index in [9.17, 15) is 13.5 Å². The summed E-state index contributed by atoms with van der Waals surface area (Å²) in [6.07, 6.45) is 0. The maximum absolute atomic E-state index is 10.6. The molecule has 16 heavy (non-hydrogen) atoms. The lowest BCUT2D eigenvalue weighted by molar-refractivity contribution is 0.217. The van der Waals surface area contributed by atoms with Gasteiger partial charge >= 0.3 is 10.4 Å². The summed E-state index contributed by atoms with van der Waals surface area (Å²) in [6.45, 7) is 1.61. The minimum Gasteiger partial charge on any atom is -0.492 e. The van der Waals surface area contributed by atoms with Gasteiger partial charge in [0.15, 0.2) is 0 Å². The van der Waals surface area contributed by atoms with Crippen LogP contribution in [0.5, 0.6) is 5.88 Å². The van der Waals surface area contributed by atoms with Gasteiger partial charge in [0.1, 0.15) is 0 Å². The highest BCUT2D eigenvalue weighted by atomic mass is 32.3. The van der Waals surface area contributed by atoms with E-state index in [0.717, 1.165) is 0 Å². The zero-order valence-corrected chi connectivity index (χ0v) is 9.10. The van der Waals surface area contributed by atoms with Crippen LogP contribution < -0.4 is 4.28 Å². The van der Waals surface area contributed by atoms with E-state index in [4.69, 9.17) is 4.55 Å². The van der Waals surface area contributed by atoms with Crippen molar-refractivity contribution in [1.82, 2.24) is 4.73 Å². The van der Waals surface area contributed by atoms with Crippen molar-refractivity contribution in [2.24, 2.45) is 0 Å².